The van der Waals surface area contributed by atoms with Gasteiger partial charge in [0.15, 0.2) is 0 Å². The van der Waals surface area contributed by atoms with Gasteiger partial charge in [0.2, 0.25) is 5.91 Å². The molecule has 1 fully saturated rings. The number of aryl methyl sites for hydroxylation is 2. The van der Waals surface area contributed by atoms with Crippen molar-refractivity contribution in [2.45, 2.75) is 84.8 Å². The predicted octanol–water partition coefficient (Wildman–Crippen LogP) is 4.40. The number of nitrogens with one attached hydrogen (secondary N) is 1. The summed E-state index contributed by atoms with van der Waals surface area (Å²) in [6, 6.07) is 6.56. The minimum Gasteiger partial charge on any atom is -0.383 e. The summed E-state index contributed by atoms with van der Waals surface area (Å²) in [4.78, 5) is 12.4. The van der Waals surface area contributed by atoms with E-state index in [2.05, 4.69) is 44.3 Å². The average molecular weight is 358 g/mol. The second kappa shape index (κ2) is 8.12. The van der Waals surface area contributed by atoms with Crippen molar-refractivity contribution in [3.63, 3.8) is 0 Å². The molecule has 0 aromatic heterocycles. The lowest BCUT2D eigenvalue weighted by atomic mass is 9.69. The number of aliphatic hydroxyl groups excluding tert-OH is 1. The number of hydrogen-bond donors (Lipinski definition) is 2. The van der Waals surface area contributed by atoms with E-state index in [-0.39, 0.29) is 11.8 Å². The van der Waals surface area contributed by atoms with Crippen LogP contribution >= 0.6 is 0 Å². The molecule has 1 aromatic carbocycles. The topological polar surface area (TPSA) is 49.3 Å². The van der Waals surface area contributed by atoms with E-state index in [1.54, 1.807) is 0 Å². The maximum atomic E-state index is 12.4. The van der Waals surface area contributed by atoms with E-state index in [1.165, 1.54) is 30.4 Å². The molecule has 1 amide bonds. The molecule has 3 rings (SSSR count). The Hall–Kier alpha value is -1.35. The van der Waals surface area contributed by atoms with E-state index in [1.807, 2.05) is 0 Å². The zero-order valence-corrected chi connectivity index (χ0v) is 16.7. The lowest BCUT2D eigenvalue weighted by Crippen LogP contribution is -2.41. The van der Waals surface area contributed by atoms with Crippen LogP contribution in [0.5, 0.6) is 0 Å². The third kappa shape index (κ3) is 4.68. The van der Waals surface area contributed by atoms with E-state index in [0.29, 0.717) is 17.9 Å². The van der Waals surface area contributed by atoms with E-state index in [4.69, 9.17) is 0 Å². The summed E-state index contributed by atoms with van der Waals surface area (Å²) in [5, 5.41) is 13.4. The maximum Gasteiger partial charge on any atom is 0.249 e. The van der Waals surface area contributed by atoms with Gasteiger partial charge in [-0.1, -0.05) is 39.0 Å². The molecule has 0 spiro atoms. The highest BCUT2D eigenvalue weighted by Gasteiger charge is 2.34. The van der Waals surface area contributed by atoms with Crippen LogP contribution in [0.3, 0.4) is 0 Å². The molecular formula is C23H35NO2. The average Bonchev–Trinajstić information content (AvgIpc) is 2.64. The van der Waals surface area contributed by atoms with E-state index in [9.17, 15) is 9.90 Å². The first-order chi connectivity index (χ1) is 12.3. The van der Waals surface area contributed by atoms with Crippen molar-refractivity contribution < 1.29 is 9.90 Å². The number of aliphatic hydroxyl groups is 1. The molecule has 0 radical (unpaired) electrons. The van der Waals surface area contributed by atoms with Gasteiger partial charge in [-0.2, -0.15) is 0 Å². The van der Waals surface area contributed by atoms with Crippen LogP contribution in [-0.4, -0.2) is 17.1 Å². The predicted molar refractivity (Wildman–Crippen MR) is 106 cm³/mol. The largest absolute Gasteiger partial charge is 0.383 e. The summed E-state index contributed by atoms with van der Waals surface area (Å²) in [6.07, 6.45) is 8.14. The highest BCUT2D eigenvalue weighted by atomic mass is 16.3. The molecule has 0 aliphatic heterocycles. The number of rotatable bonds is 4. The number of carbonyl (C=O) groups is 1. The SMILES string of the molecule is CC(C)(C)C1CCC(C(O)C(=O)NCc2ccc3c(c2)CCCC3)CC1. The van der Waals surface area contributed by atoms with Crippen molar-refractivity contribution in [3.05, 3.63) is 34.9 Å². The monoisotopic (exact) mass is 357 g/mol. The first-order valence-electron chi connectivity index (χ1n) is 10.4. The number of hydrogen-bond acceptors (Lipinski definition) is 2. The highest BCUT2D eigenvalue weighted by molar-refractivity contribution is 5.80. The van der Waals surface area contributed by atoms with Gasteiger partial charge in [0.25, 0.3) is 0 Å². The molecule has 2 aliphatic carbocycles. The minimum atomic E-state index is -0.867. The highest BCUT2D eigenvalue weighted by Crippen LogP contribution is 2.40. The maximum absolute atomic E-state index is 12.4. The van der Waals surface area contributed by atoms with Crippen molar-refractivity contribution in [2.24, 2.45) is 17.3 Å². The van der Waals surface area contributed by atoms with Gasteiger partial charge in [-0.15, -0.1) is 0 Å². The molecule has 2 N–H and O–H groups in total. The van der Waals surface area contributed by atoms with Gasteiger partial charge in [0, 0.05) is 6.54 Å². The van der Waals surface area contributed by atoms with E-state index in [0.717, 1.165) is 37.7 Å². The van der Waals surface area contributed by atoms with Gasteiger partial charge in [-0.05, 0) is 85.3 Å². The summed E-state index contributed by atoms with van der Waals surface area (Å²) in [6.45, 7) is 7.39. The van der Waals surface area contributed by atoms with Crippen LogP contribution in [0.2, 0.25) is 0 Å². The minimum absolute atomic E-state index is 0.108. The van der Waals surface area contributed by atoms with Gasteiger partial charge >= 0.3 is 0 Å². The Morgan fingerprint density at radius 3 is 2.42 bits per heavy atom. The molecule has 2 aliphatic rings. The van der Waals surface area contributed by atoms with Gasteiger partial charge < -0.3 is 10.4 Å². The van der Waals surface area contributed by atoms with E-state index >= 15 is 0 Å². The van der Waals surface area contributed by atoms with Crippen LogP contribution in [0.25, 0.3) is 0 Å². The fourth-order valence-electron chi connectivity index (χ4n) is 4.71. The quantitative estimate of drug-likeness (QED) is 0.839. The molecule has 1 unspecified atom stereocenters. The van der Waals surface area contributed by atoms with Crippen molar-refractivity contribution in [2.75, 3.05) is 0 Å². The molecule has 0 saturated heterocycles. The van der Waals surface area contributed by atoms with Crippen molar-refractivity contribution in [3.8, 4) is 0 Å². The van der Waals surface area contributed by atoms with Gasteiger partial charge in [-0.25, -0.2) is 0 Å². The standard InChI is InChI=1S/C23H35NO2/c1-23(2,3)20-12-10-18(11-13-20)21(25)22(26)24-15-16-8-9-17-6-4-5-7-19(17)14-16/h8-9,14,18,20-21,25H,4-7,10-13,15H2,1-3H3,(H,24,26). The van der Waals surface area contributed by atoms with Crippen LogP contribution in [0, 0.1) is 17.3 Å². The Kier molecular flexibility index (Phi) is 6.06. The Balaban J connectivity index is 1.49. The molecule has 1 atom stereocenters. The first-order valence-corrected chi connectivity index (χ1v) is 10.4. The Morgan fingerprint density at radius 1 is 1.12 bits per heavy atom. The smallest absolute Gasteiger partial charge is 0.249 e. The number of fused-ring (bicyclic) bond motifs is 1. The fourth-order valence-corrected chi connectivity index (χ4v) is 4.71. The molecule has 144 valence electrons. The molecule has 3 heteroatoms. The van der Waals surface area contributed by atoms with Crippen LogP contribution in [0.1, 0.15) is 76.0 Å². The van der Waals surface area contributed by atoms with Crippen molar-refractivity contribution >= 4 is 5.91 Å². The molecule has 3 nitrogen and oxygen atoms in total. The third-order valence-corrected chi connectivity index (χ3v) is 6.59. The number of benzene rings is 1. The molecule has 26 heavy (non-hydrogen) atoms. The summed E-state index contributed by atoms with van der Waals surface area (Å²) in [5.74, 6) is 0.601. The van der Waals surface area contributed by atoms with Gasteiger partial charge in [-0.3, -0.25) is 4.79 Å². The second-order valence-corrected chi connectivity index (χ2v) is 9.45. The Labute approximate surface area is 158 Å². The lowest BCUT2D eigenvalue weighted by molar-refractivity contribution is -0.133. The Morgan fingerprint density at radius 2 is 1.77 bits per heavy atom. The molecule has 0 heterocycles. The molecule has 0 bridgehead atoms. The van der Waals surface area contributed by atoms with Crippen molar-refractivity contribution in [1.82, 2.24) is 5.32 Å². The Bertz CT molecular complexity index is 624. The summed E-state index contributed by atoms with van der Waals surface area (Å²) in [7, 11) is 0. The van der Waals surface area contributed by atoms with Crippen LogP contribution in [0.15, 0.2) is 18.2 Å². The summed E-state index contributed by atoms with van der Waals surface area (Å²) >= 11 is 0. The lowest BCUT2D eigenvalue weighted by Gasteiger charge is -2.38. The van der Waals surface area contributed by atoms with Gasteiger partial charge in [0.1, 0.15) is 6.10 Å². The zero-order chi connectivity index (χ0) is 18.7. The fraction of sp³-hybridized carbons (Fsp3) is 0.696. The first kappa shape index (κ1) is 19.4. The normalized spacial score (nSPS) is 24.6. The zero-order valence-electron chi connectivity index (χ0n) is 16.7. The molecule has 1 aromatic rings. The summed E-state index contributed by atoms with van der Waals surface area (Å²) < 4.78 is 0. The van der Waals surface area contributed by atoms with Crippen molar-refractivity contribution in [1.29, 1.82) is 0 Å². The van der Waals surface area contributed by atoms with Gasteiger partial charge in [0.05, 0.1) is 0 Å². The van der Waals surface area contributed by atoms with E-state index < -0.39 is 6.10 Å². The van der Waals surface area contributed by atoms with Crippen LogP contribution in [0.4, 0.5) is 0 Å². The van der Waals surface area contributed by atoms with Crippen LogP contribution in [-0.2, 0) is 24.2 Å². The molecule has 1 saturated carbocycles. The second-order valence-electron chi connectivity index (χ2n) is 9.45. The number of carbonyl (C=O) groups excluding carboxylic acids is 1. The number of amides is 1. The third-order valence-electron chi connectivity index (χ3n) is 6.59. The molecular weight excluding hydrogens is 322 g/mol. The summed E-state index contributed by atoms with van der Waals surface area (Å²) in [5.41, 5.74) is 4.36. The van der Waals surface area contributed by atoms with Crippen LogP contribution < -0.4 is 5.32 Å².